The van der Waals surface area contributed by atoms with Gasteiger partial charge in [-0.3, -0.25) is 0 Å². The molecule has 3 aromatic rings. The second-order valence-corrected chi connectivity index (χ2v) is 7.67. The number of fused-ring (bicyclic) bond motifs is 2. The first-order chi connectivity index (χ1) is 13.2. The van der Waals surface area contributed by atoms with E-state index in [1.165, 1.54) is 42.0 Å². The average Bonchev–Trinajstić information content (AvgIpc) is 3.10. The van der Waals surface area contributed by atoms with Gasteiger partial charge in [0.1, 0.15) is 11.6 Å². The number of piperazine rings is 1. The highest BCUT2D eigenvalue weighted by atomic mass is 19.1. The van der Waals surface area contributed by atoms with Crippen LogP contribution in [0.5, 0.6) is 0 Å². The number of anilines is 1. The van der Waals surface area contributed by atoms with Gasteiger partial charge in [-0.25, -0.2) is 9.37 Å². The largest absolute Gasteiger partial charge is 0.354 e. The first-order valence-electron chi connectivity index (χ1n) is 9.80. The fourth-order valence-electron chi connectivity index (χ4n) is 4.26. The maximum Gasteiger partial charge on any atom is 0.158 e. The summed E-state index contributed by atoms with van der Waals surface area (Å²) in [5.41, 5.74) is 5.01. The number of hydrogen-bond donors (Lipinski definition) is 0. The van der Waals surface area contributed by atoms with Gasteiger partial charge in [-0.15, -0.1) is 0 Å². The molecule has 6 heteroatoms. The summed E-state index contributed by atoms with van der Waals surface area (Å²) in [6.07, 6.45) is 4.50. The van der Waals surface area contributed by atoms with Crippen LogP contribution in [0.15, 0.2) is 30.3 Å². The summed E-state index contributed by atoms with van der Waals surface area (Å²) < 4.78 is 15.7. The summed E-state index contributed by atoms with van der Waals surface area (Å²) in [5, 5.41) is 4.86. The first kappa shape index (κ1) is 16.7. The van der Waals surface area contributed by atoms with Crippen molar-refractivity contribution >= 4 is 11.5 Å². The number of hydrogen-bond acceptors (Lipinski definition) is 4. The number of halogens is 1. The zero-order valence-corrected chi connectivity index (χ0v) is 15.7. The molecule has 0 atom stereocenters. The van der Waals surface area contributed by atoms with Crippen molar-refractivity contribution in [3.63, 3.8) is 0 Å². The molecule has 0 spiro atoms. The van der Waals surface area contributed by atoms with Crippen LogP contribution in [0.4, 0.5) is 10.2 Å². The quantitative estimate of drug-likeness (QED) is 0.699. The Morgan fingerprint density at radius 1 is 1.00 bits per heavy atom. The second-order valence-electron chi connectivity index (χ2n) is 7.67. The van der Waals surface area contributed by atoms with E-state index in [9.17, 15) is 4.39 Å². The molecule has 0 bridgehead atoms. The van der Waals surface area contributed by atoms with Crippen molar-refractivity contribution in [2.24, 2.45) is 0 Å². The van der Waals surface area contributed by atoms with Crippen LogP contribution in [-0.4, -0.2) is 52.7 Å². The Morgan fingerprint density at radius 2 is 1.81 bits per heavy atom. The van der Waals surface area contributed by atoms with Crippen molar-refractivity contribution in [2.45, 2.75) is 25.7 Å². The third kappa shape index (κ3) is 2.98. The van der Waals surface area contributed by atoms with Crippen molar-refractivity contribution < 1.29 is 4.39 Å². The van der Waals surface area contributed by atoms with Gasteiger partial charge in [-0.05, 0) is 44.9 Å². The van der Waals surface area contributed by atoms with E-state index in [0.717, 1.165) is 55.9 Å². The Bertz CT molecular complexity index is 988. The summed E-state index contributed by atoms with van der Waals surface area (Å²) in [4.78, 5) is 9.75. The minimum absolute atomic E-state index is 0.240. The molecule has 2 aromatic heterocycles. The van der Waals surface area contributed by atoms with Gasteiger partial charge in [-0.1, -0.05) is 12.1 Å². The van der Waals surface area contributed by atoms with Crippen LogP contribution >= 0.6 is 0 Å². The van der Waals surface area contributed by atoms with E-state index in [1.54, 1.807) is 6.07 Å². The lowest BCUT2D eigenvalue weighted by Gasteiger charge is -2.36. The normalized spacial score (nSPS) is 18.1. The number of aryl methyl sites for hydroxylation is 1. The van der Waals surface area contributed by atoms with Crippen LogP contribution in [0.1, 0.15) is 24.1 Å². The predicted octanol–water partition coefficient (Wildman–Crippen LogP) is 3.17. The van der Waals surface area contributed by atoms with Crippen molar-refractivity contribution in [3.8, 4) is 11.3 Å². The van der Waals surface area contributed by atoms with Crippen LogP contribution < -0.4 is 4.90 Å². The minimum atomic E-state index is -0.240. The number of likely N-dealkylation sites (N-methyl/N-ethyl adjacent to an activating group) is 1. The lowest BCUT2D eigenvalue weighted by atomic mass is 9.96. The van der Waals surface area contributed by atoms with Gasteiger partial charge in [0.15, 0.2) is 5.65 Å². The maximum absolute atomic E-state index is 13.7. The van der Waals surface area contributed by atoms with E-state index in [4.69, 9.17) is 10.1 Å². The Labute approximate surface area is 158 Å². The maximum atomic E-state index is 13.7. The van der Waals surface area contributed by atoms with Gasteiger partial charge in [0.05, 0.1) is 5.69 Å². The molecule has 0 amide bonds. The van der Waals surface area contributed by atoms with Gasteiger partial charge in [0.25, 0.3) is 0 Å². The van der Waals surface area contributed by atoms with Crippen LogP contribution in [0.2, 0.25) is 0 Å². The Kier molecular flexibility index (Phi) is 4.08. The van der Waals surface area contributed by atoms with E-state index in [1.807, 2.05) is 16.6 Å². The summed E-state index contributed by atoms with van der Waals surface area (Å²) in [6.45, 7) is 4.10. The minimum Gasteiger partial charge on any atom is -0.354 e. The van der Waals surface area contributed by atoms with Crippen molar-refractivity contribution in [2.75, 3.05) is 38.1 Å². The number of nitrogens with zero attached hydrogens (tertiary/aromatic N) is 5. The fourth-order valence-corrected chi connectivity index (χ4v) is 4.26. The van der Waals surface area contributed by atoms with E-state index >= 15 is 0 Å². The van der Waals surface area contributed by atoms with Crippen LogP contribution in [-0.2, 0) is 12.8 Å². The first-order valence-corrected chi connectivity index (χ1v) is 9.80. The lowest BCUT2D eigenvalue weighted by molar-refractivity contribution is 0.311. The van der Waals surface area contributed by atoms with Crippen molar-refractivity contribution in [1.82, 2.24) is 19.5 Å². The van der Waals surface area contributed by atoms with Gasteiger partial charge >= 0.3 is 0 Å². The van der Waals surface area contributed by atoms with Crippen LogP contribution in [0, 0.1) is 5.82 Å². The zero-order chi connectivity index (χ0) is 18.4. The predicted molar refractivity (Wildman–Crippen MR) is 105 cm³/mol. The van der Waals surface area contributed by atoms with Crippen LogP contribution in [0.3, 0.4) is 0 Å². The molecule has 0 unspecified atom stereocenters. The summed E-state index contributed by atoms with van der Waals surface area (Å²) in [5.74, 6) is 0.960. The molecular weight excluding hydrogens is 341 g/mol. The smallest absolute Gasteiger partial charge is 0.158 e. The molecule has 1 aliphatic heterocycles. The van der Waals surface area contributed by atoms with Gasteiger partial charge in [0.2, 0.25) is 0 Å². The van der Waals surface area contributed by atoms with E-state index < -0.39 is 0 Å². The van der Waals surface area contributed by atoms with Crippen molar-refractivity contribution in [1.29, 1.82) is 0 Å². The second kappa shape index (κ2) is 6.60. The number of benzene rings is 1. The average molecular weight is 365 g/mol. The van der Waals surface area contributed by atoms with Crippen LogP contribution in [0.25, 0.3) is 16.9 Å². The molecule has 5 rings (SSSR count). The van der Waals surface area contributed by atoms with Crippen molar-refractivity contribution in [3.05, 3.63) is 47.4 Å². The number of rotatable bonds is 2. The molecule has 5 nitrogen and oxygen atoms in total. The summed E-state index contributed by atoms with van der Waals surface area (Å²) in [6, 6.07) is 8.63. The Balaban J connectivity index is 1.68. The number of aromatic nitrogens is 3. The highest BCUT2D eigenvalue weighted by Crippen LogP contribution is 2.32. The Hall–Kier alpha value is -2.47. The summed E-state index contributed by atoms with van der Waals surface area (Å²) >= 11 is 0. The molecule has 1 fully saturated rings. The van der Waals surface area contributed by atoms with E-state index in [-0.39, 0.29) is 5.82 Å². The molecule has 0 radical (unpaired) electrons. The highest BCUT2D eigenvalue weighted by Gasteiger charge is 2.25. The molecule has 1 saturated heterocycles. The third-order valence-electron chi connectivity index (χ3n) is 5.77. The highest BCUT2D eigenvalue weighted by molar-refractivity contribution is 5.67. The Morgan fingerprint density at radius 3 is 2.63 bits per heavy atom. The monoisotopic (exact) mass is 365 g/mol. The van der Waals surface area contributed by atoms with Gasteiger partial charge in [0, 0.05) is 49.1 Å². The molecule has 0 saturated carbocycles. The molecule has 3 heterocycles. The molecule has 1 aliphatic carbocycles. The molecule has 0 N–H and O–H groups in total. The van der Waals surface area contributed by atoms with Gasteiger partial charge in [-0.2, -0.15) is 9.61 Å². The fraction of sp³-hybridized carbons (Fsp3) is 0.429. The molecule has 27 heavy (non-hydrogen) atoms. The standard InChI is InChI=1S/C21H24FN5/c1-25-9-11-26(12-10-25)21-17-7-2-3-8-18(17)23-20-14-19(24-27(20)21)15-5-4-6-16(22)13-15/h4-6,13-14H,2-3,7-12H2,1H3. The SMILES string of the molecule is CN1CCN(c2c3c(nc4cc(-c5cccc(F)c5)nn24)CCCC3)CC1. The molecule has 140 valence electrons. The third-order valence-corrected chi connectivity index (χ3v) is 5.77. The molecule has 1 aromatic carbocycles. The van der Waals surface area contributed by atoms with E-state index in [2.05, 4.69) is 16.8 Å². The zero-order valence-electron chi connectivity index (χ0n) is 15.7. The summed E-state index contributed by atoms with van der Waals surface area (Å²) in [7, 11) is 2.17. The van der Waals surface area contributed by atoms with E-state index in [0.29, 0.717) is 0 Å². The molecular formula is C21H24FN5. The van der Waals surface area contributed by atoms with Gasteiger partial charge < -0.3 is 9.80 Å². The lowest BCUT2D eigenvalue weighted by Crippen LogP contribution is -2.45. The molecule has 2 aliphatic rings. The topological polar surface area (TPSA) is 36.7 Å².